The lowest BCUT2D eigenvalue weighted by atomic mass is 9.86. The first-order valence-corrected chi connectivity index (χ1v) is 8.66. The van der Waals surface area contributed by atoms with E-state index in [4.69, 9.17) is 16.3 Å². The number of hydrogen-bond acceptors (Lipinski definition) is 2. The van der Waals surface area contributed by atoms with Gasteiger partial charge in [-0.05, 0) is 30.4 Å². The predicted molar refractivity (Wildman–Crippen MR) is 92.7 cm³/mol. The Hall–Kier alpha value is -1.80. The molecule has 0 radical (unpaired) electrons. The molecule has 0 saturated heterocycles. The molecule has 0 amide bonds. The van der Waals surface area contributed by atoms with Gasteiger partial charge in [0.15, 0.2) is 0 Å². The molecule has 1 unspecified atom stereocenters. The molecule has 0 aliphatic heterocycles. The van der Waals surface area contributed by atoms with Crippen LogP contribution in [0.3, 0.4) is 0 Å². The summed E-state index contributed by atoms with van der Waals surface area (Å²) in [5, 5.41) is 0. The number of ether oxygens (including phenoxy) is 1. The fourth-order valence-electron chi connectivity index (χ4n) is 3.29. The standard InChI is InChI=1S/C20H21ClO2/c21-13-7-8-14-23-19(22)18-15-20(18,16-9-3-1-4-10-16)17-11-5-2-6-12-17/h1-6,9-12,18H,7-8,13-15H2. The Labute approximate surface area is 142 Å². The molecule has 23 heavy (non-hydrogen) atoms. The van der Waals surface area contributed by atoms with Crippen molar-refractivity contribution in [3.8, 4) is 0 Å². The Morgan fingerprint density at radius 3 is 2.09 bits per heavy atom. The zero-order chi connectivity index (χ0) is 16.1. The van der Waals surface area contributed by atoms with E-state index in [9.17, 15) is 4.79 Å². The van der Waals surface area contributed by atoms with Crippen LogP contribution in [0.1, 0.15) is 30.4 Å². The zero-order valence-corrected chi connectivity index (χ0v) is 13.8. The Morgan fingerprint density at radius 1 is 1.00 bits per heavy atom. The van der Waals surface area contributed by atoms with E-state index in [1.807, 2.05) is 36.4 Å². The van der Waals surface area contributed by atoms with Gasteiger partial charge in [-0.3, -0.25) is 4.79 Å². The van der Waals surface area contributed by atoms with Crippen molar-refractivity contribution < 1.29 is 9.53 Å². The number of unbranched alkanes of at least 4 members (excludes halogenated alkanes) is 1. The number of halogens is 1. The van der Waals surface area contributed by atoms with Gasteiger partial charge in [0.25, 0.3) is 0 Å². The Balaban J connectivity index is 1.79. The van der Waals surface area contributed by atoms with E-state index in [-0.39, 0.29) is 17.3 Å². The molecular formula is C20H21ClO2. The van der Waals surface area contributed by atoms with Crippen molar-refractivity contribution in [3.63, 3.8) is 0 Å². The van der Waals surface area contributed by atoms with E-state index >= 15 is 0 Å². The molecule has 2 nitrogen and oxygen atoms in total. The highest BCUT2D eigenvalue weighted by atomic mass is 35.5. The highest BCUT2D eigenvalue weighted by Crippen LogP contribution is 2.59. The molecule has 120 valence electrons. The molecule has 1 atom stereocenters. The van der Waals surface area contributed by atoms with Crippen LogP contribution >= 0.6 is 11.6 Å². The smallest absolute Gasteiger partial charge is 0.310 e. The largest absolute Gasteiger partial charge is 0.465 e. The molecule has 3 rings (SSSR count). The van der Waals surface area contributed by atoms with Crippen LogP contribution in [0.25, 0.3) is 0 Å². The quantitative estimate of drug-likeness (QED) is 0.423. The number of rotatable bonds is 7. The summed E-state index contributed by atoms with van der Waals surface area (Å²) in [6.07, 6.45) is 2.52. The van der Waals surface area contributed by atoms with E-state index in [0.717, 1.165) is 19.3 Å². The second-order valence-corrected chi connectivity index (χ2v) is 6.40. The van der Waals surface area contributed by atoms with E-state index in [1.165, 1.54) is 11.1 Å². The van der Waals surface area contributed by atoms with Crippen LogP contribution in [0.5, 0.6) is 0 Å². The molecule has 0 heterocycles. The van der Waals surface area contributed by atoms with Gasteiger partial charge in [-0.1, -0.05) is 60.7 Å². The molecule has 2 aromatic carbocycles. The first-order chi connectivity index (χ1) is 11.3. The minimum atomic E-state index is -0.230. The van der Waals surface area contributed by atoms with Crippen molar-refractivity contribution in [3.05, 3.63) is 71.8 Å². The lowest BCUT2D eigenvalue weighted by molar-refractivity contribution is -0.145. The molecule has 0 spiro atoms. The number of hydrogen-bond donors (Lipinski definition) is 0. The lowest BCUT2D eigenvalue weighted by Crippen LogP contribution is -2.19. The van der Waals surface area contributed by atoms with Gasteiger partial charge >= 0.3 is 5.97 Å². The average molecular weight is 329 g/mol. The maximum absolute atomic E-state index is 12.5. The summed E-state index contributed by atoms with van der Waals surface area (Å²) in [4.78, 5) is 12.5. The number of carbonyl (C=O) groups excluding carboxylic acids is 1. The zero-order valence-electron chi connectivity index (χ0n) is 13.1. The van der Waals surface area contributed by atoms with Gasteiger partial charge in [-0.15, -0.1) is 11.6 Å². The molecule has 0 bridgehead atoms. The van der Waals surface area contributed by atoms with Gasteiger partial charge in [0, 0.05) is 11.3 Å². The highest BCUT2D eigenvalue weighted by molar-refractivity contribution is 6.17. The van der Waals surface area contributed by atoms with Gasteiger partial charge in [0.05, 0.1) is 12.5 Å². The Bertz CT molecular complexity index is 600. The third-order valence-corrected chi connectivity index (χ3v) is 4.86. The van der Waals surface area contributed by atoms with Crippen molar-refractivity contribution in [2.75, 3.05) is 12.5 Å². The molecule has 1 aliphatic carbocycles. The lowest BCUT2D eigenvalue weighted by Gasteiger charge is -2.18. The van der Waals surface area contributed by atoms with Crippen LogP contribution in [-0.2, 0) is 14.9 Å². The molecule has 2 aromatic rings. The number of carbonyl (C=O) groups is 1. The molecule has 1 saturated carbocycles. The second kappa shape index (κ2) is 7.18. The van der Waals surface area contributed by atoms with Crippen molar-refractivity contribution in [2.45, 2.75) is 24.7 Å². The number of alkyl halides is 1. The molecule has 0 N–H and O–H groups in total. The molecule has 1 fully saturated rings. The van der Waals surface area contributed by atoms with Gasteiger partial charge < -0.3 is 4.74 Å². The van der Waals surface area contributed by atoms with Gasteiger partial charge in [-0.2, -0.15) is 0 Å². The normalized spacial score (nSPS) is 18.4. The minimum Gasteiger partial charge on any atom is -0.465 e. The minimum absolute atomic E-state index is 0.0905. The Kier molecular flexibility index (Phi) is 5.02. The Morgan fingerprint density at radius 2 is 1.57 bits per heavy atom. The summed E-state index contributed by atoms with van der Waals surface area (Å²) < 4.78 is 5.47. The van der Waals surface area contributed by atoms with Crippen LogP contribution in [0.4, 0.5) is 0 Å². The topological polar surface area (TPSA) is 26.3 Å². The summed E-state index contributed by atoms with van der Waals surface area (Å²) >= 11 is 5.66. The molecule has 1 aliphatic rings. The second-order valence-electron chi connectivity index (χ2n) is 6.02. The number of benzene rings is 2. The maximum Gasteiger partial charge on any atom is 0.310 e. The van der Waals surface area contributed by atoms with Gasteiger partial charge in [0.2, 0.25) is 0 Å². The van der Waals surface area contributed by atoms with Crippen LogP contribution in [-0.4, -0.2) is 18.5 Å². The molecular weight excluding hydrogens is 308 g/mol. The maximum atomic E-state index is 12.5. The van der Waals surface area contributed by atoms with Gasteiger partial charge in [0.1, 0.15) is 0 Å². The van der Waals surface area contributed by atoms with Crippen LogP contribution < -0.4 is 0 Å². The molecule has 3 heteroatoms. The fourth-order valence-corrected chi connectivity index (χ4v) is 3.48. The van der Waals surface area contributed by atoms with E-state index in [2.05, 4.69) is 24.3 Å². The van der Waals surface area contributed by atoms with Crippen molar-refractivity contribution in [2.24, 2.45) is 5.92 Å². The van der Waals surface area contributed by atoms with Crippen molar-refractivity contribution >= 4 is 17.6 Å². The summed E-state index contributed by atoms with van der Waals surface area (Å²) in [5.74, 6) is 0.425. The average Bonchev–Trinajstić information content (AvgIpc) is 3.37. The summed E-state index contributed by atoms with van der Waals surface area (Å²) in [5.41, 5.74) is 2.15. The third kappa shape index (κ3) is 3.28. The van der Waals surface area contributed by atoms with E-state index < -0.39 is 0 Å². The predicted octanol–water partition coefficient (Wildman–Crippen LogP) is 4.55. The van der Waals surface area contributed by atoms with Crippen LogP contribution in [0.2, 0.25) is 0 Å². The van der Waals surface area contributed by atoms with Crippen LogP contribution in [0.15, 0.2) is 60.7 Å². The summed E-state index contributed by atoms with van der Waals surface area (Å²) in [7, 11) is 0. The summed E-state index contributed by atoms with van der Waals surface area (Å²) in [6, 6.07) is 20.5. The van der Waals surface area contributed by atoms with E-state index in [0.29, 0.717) is 12.5 Å². The monoisotopic (exact) mass is 328 g/mol. The highest BCUT2D eigenvalue weighted by Gasteiger charge is 2.61. The number of esters is 1. The van der Waals surface area contributed by atoms with Crippen molar-refractivity contribution in [1.82, 2.24) is 0 Å². The van der Waals surface area contributed by atoms with Crippen LogP contribution in [0, 0.1) is 5.92 Å². The van der Waals surface area contributed by atoms with Gasteiger partial charge in [-0.25, -0.2) is 0 Å². The third-order valence-electron chi connectivity index (χ3n) is 4.60. The fraction of sp³-hybridized carbons (Fsp3) is 0.350. The summed E-state index contributed by atoms with van der Waals surface area (Å²) in [6.45, 7) is 0.460. The molecule has 0 aromatic heterocycles. The SMILES string of the molecule is O=C(OCCCCCl)C1CC1(c1ccccc1)c1ccccc1. The van der Waals surface area contributed by atoms with Crippen molar-refractivity contribution in [1.29, 1.82) is 0 Å². The van der Waals surface area contributed by atoms with E-state index in [1.54, 1.807) is 0 Å². The first kappa shape index (κ1) is 16.1. The first-order valence-electron chi connectivity index (χ1n) is 8.12.